The number of rotatable bonds is 14. The van der Waals surface area contributed by atoms with Crippen LogP contribution < -0.4 is 15.4 Å². The summed E-state index contributed by atoms with van der Waals surface area (Å²) in [5.74, 6) is 2.26. The van der Waals surface area contributed by atoms with Crippen LogP contribution in [0.4, 0.5) is 0 Å². The molecule has 0 aliphatic heterocycles. The van der Waals surface area contributed by atoms with E-state index in [0.29, 0.717) is 12.5 Å². The second kappa shape index (κ2) is 15.3. The van der Waals surface area contributed by atoms with Gasteiger partial charge in [0.2, 0.25) is 0 Å². The van der Waals surface area contributed by atoms with Gasteiger partial charge in [-0.3, -0.25) is 0 Å². The van der Waals surface area contributed by atoms with Gasteiger partial charge in [-0.15, -0.1) is 0 Å². The molecule has 1 aromatic carbocycles. The van der Waals surface area contributed by atoms with Crippen molar-refractivity contribution in [2.75, 3.05) is 46.6 Å². The van der Waals surface area contributed by atoms with Crippen molar-refractivity contribution in [3.63, 3.8) is 0 Å². The standard InChI is InChI=1S/C21H37N3O3/c1-5-26-14-6-12-22-21(23-13-7-15-27-17-18(2)3)24-16-19-8-10-20(25-4)11-9-19/h8-11,18H,5-7,12-17H2,1-4H3,(H2,22,23,24). The summed E-state index contributed by atoms with van der Waals surface area (Å²) in [7, 11) is 1.67. The van der Waals surface area contributed by atoms with Crippen molar-refractivity contribution in [3.8, 4) is 5.75 Å². The third-order valence-electron chi connectivity index (χ3n) is 3.75. The first-order chi connectivity index (χ1) is 13.2. The van der Waals surface area contributed by atoms with Crippen LogP contribution in [-0.2, 0) is 16.0 Å². The summed E-state index contributed by atoms with van der Waals surface area (Å²) in [5.41, 5.74) is 1.14. The Labute approximate surface area is 164 Å². The summed E-state index contributed by atoms with van der Waals surface area (Å²) in [6, 6.07) is 7.99. The Morgan fingerprint density at radius 3 is 2.19 bits per heavy atom. The van der Waals surface area contributed by atoms with Crippen LogP contribution in [0.15, 0.2) is 29.3 Å². The normalized spacial score (nSPS) is 11.7. The molecule has 0 heterocycles. The molecule has 0 saturated carbocycles. The number of ether oxygens (including phenoxy) is 3. The van der Waals surface area contributed by atoms with E-state index in [2.05, 4.69) is 29.5 Å². The maximum atomic E-state index is 5.62. The van der Waals surface area contributed by atoms with Gasteiger partial charge in [-0.2, -0.15) is 0 Å². The maximum Gasteiger partial charge on any atom is 0.191 e. The molecule has 0 fully saturated rings. The summed E-state index contributed by atoms with van der Waals surface area (Å²) >= 11 is 0. The van der Waals surface area contributed by atoms with E-state index >= 15 is 0 Å². The minimum absolute atomic E-state index is 0.576. The highest BCUT2D eigenvalue weighted by Gasteiger charge is 2.00. The molecular weight excluding hydrogens is 342 g/mol. The Bertz CT molecular complexity index is 504. The summed E-state index contributed by atoms with van der Waals surface area (Å²) in [4.78, 5) is 4.69. The number of benzene rings is 1. The Kier molecular flexibility index (Phi) is 13.2. The minimum atomic E-state index is 0.576. The van der Waals surface area contributed by atoms with Gasteiger partial charge in [0.1, 0.15) is 5.75 Å². The van der Waals surface area contributed by atoms with Crippen LogP contribution in [-0.4, -0.2) is 52.6 Å². The number of aliphatic imine (C=N–C) groups is 1. The van der Waals surface area contributed by atoms with Gasteiger partial charge in [-0.1, -0.05) is 26.0 Å². The minimum Gasteiger partial charge on any atom is -0.497 e. The zero-order chi connectivity index (χ0) is 19.7. The molecule has 0 unspecified atom stereocenters. The summed E-state index contributed by atoms with van der Waals surface area (Å²) < 4.78 is 16.2. The van der Waals surface area contributed by atoms with Crippen LogP contribution in [0.1, 0.15) is 39.2 Å². The highest BCUT2D eigenvalue weighted by atomic mass is 16.5. The van der Waals surface area contributed by atoms with Gasteiger partial charge < -0.3 is 24.8 Å². The van der Waals surface area contributed by atoms with Crippen LogP contribution in [0, 0.1) is 5.92 Å². The first-order valence-corrected chi connectivity index (χ1v) is 9.96. The molecule has 0 atom stereocenters. The lowest BCUT2D eigenvalue weighted by Gasteiger charge is -2.13. The third kappa shape index (κ3) is 12.3. The van der Waals surface area contributed by atoms with E-state index in [1.165, 1.54) is 0 Å². The van der Waals surface area contributed by atoms with Crippen LogP contribution >= 0.6 is 0 Å². The van der Waals surface area contributed by atoms with Gasteiger partial charge in [0.15, 0.2) is 5.96 Å². The number of nitrogens with zero attached hydrogens (tertiary/aromatic N) is 1. The van der Waals surface area contributed by atoms with Crippen molar-refractivity contribution in [3.05, 3.63) is 29.8 Å². The first kappa shape index (κ1) is 23.2. The van der Waals surface area contributed by atoms with E-state index < -0.39 is 0 Å². The second-order valence-electron chi connectivity index (χ2n) is 6.74. The predicted octanol–water partition coefficient (Wildman–Crippen LogP) is 3.22. The molecule has 154 valence electrons. The van der Waals surface area contributed by atoms with Gasteiger partial charge in [0, 0.05) is 39.5 Å². The molecule has 0 radical (unpaired) electrons. The number of nitrogens with one attached hydrogen (secondary N) is 2. The molecule has 2 N–H and O–H groups in total. The van der Waals surface area contributed by atoms with E-state index in [1.54, 1.807) is 7.11 Å². The zero-order valence-electron chi connectivity index (χ0n) is 17.4. The fraction of sp³-hybridized carbons (Fsp3) is 0.667. The Hall–Kier alpha value is -1.79. The Balaban J connectivity index is 2.42. The molecule has 0 aliphatic rings. The summed E-state index contributed by atoms with van der Waals surface area (Å²) in [5, 5.41) is 6.76. The molecule has 0 aromatic heterocycles. The molecule has 1 rings (SSSR count). The van der Waals surface area contributed by atoms with Crippen molar-refractivity contribution in [1.29, 1.82) is 0 Å². The van der Waals surface area contributed by atoms with Gasteiger partial charge in [-0.05, 0) is 43.4 Å². The van der Waals surface area contributed by atoms with Gasteiger partial charge in [-0.25, -0.2) is 4.99 Å². The molecule has 0 aliphatic carbocycles. The molecular formula is C21H37N3O3. The van der Waals surface area contributed by atoms with Crippen LogP contribution in [0.3, 0.4) is 0 Å². The largest absolute Gasteiger partial charge is 0.497 e. The second-order valence-corrected chi connectivity index (χ2v) is 6.74. The van der Waals surface area contributed by atoms with E-state index in [1.807, 2.05) is 31.2 Å². The zero-order valence-corrected chi connectivity index (χ0v) is 17.4. The number of hydrogen-bond donors (Lipinski definition) is 2. The highest BCUT2D eigenvalue weighted by Crippen LogP contribution is 2.11. The monoisotopic (exact) mass is 379 g/mol. The van der Waals surface area contributed by atoms with E-state index in [-0.39, 0.29) is 0 Å². The van der Waals surface area contributed by atoms with Crippen molar-refractivity contribution in [1.82, 2.24) is 10.6 Å². The van der Waals surface area contributed by atoms with Crippen LogP contribution in [0.2, 0.25) is 0 Å². The molecule has 0 bridgehead atoms. The third-order valence-corrected chi connectivity index (χ3v) is 3.75. The Morgan fingerprint density at radius 1 is 1.00 bits per heavy atom. The van der Waals surface area contributed by atoms with E-state index in [9.17, 15) is 0 Å². The molecule has 27 heavy (non-hydrogen) atoms. The van der Waals surface area contributed by atoms with Crippen molar-refractivity contribution < 1.29 is 14.2 Å². The first-order valence-electron chi connectivity index (χ1n) is 9.96. The van der Waals surface area contributed by atoms with Gasteiger partial charge in [0.05, 0.1) is 13.7 Å². The number of guanidine groups is 1. The lowest BCUT2D eigenvalue weighted by molar-refractivity contribution is 0.108. The SMILES string of the molecule is CCOCCCNC(=NCc1ccc(OC)cc1)NCCCOCC(C)C. The summed E-state index contributed by atoms with van der Waals surface area (Å²) in [6.45, 7) is 11.7. The molecule has 1 aromatic rings. The van der Waals surface area contributed by atoms with Crippen LogP contribution in [0.5, 0.6) is 5.75 Å². The topological polar surface area (TPSA) is 64.1 Å². The van der Waals surface area contributed by atoms with Crippen molar-refractivity contribution in [2.24, 2.45) is 10.9 Å². The Morgan fingerprint density at radius 2 is 1.63 bits per heavy atom. The fourth-order valence-electron chi connectivity index (χ4n) is 2.30. The highest BCUT2D eigenvalue weighted by molar-refractivity contribution is 5.79. The average Bonchev–Trinajstić information content (AvgIpc) is 2.68. The van der Waals surface area contributed by atoms with E-state index in [4.69, 9.17) is 14.2 Å². The summed E-state index contributed by atoms with van der Waals surface area (Å²) in [6.07, 6.45) is 1.91. The van der Waals surface area contributed by atoms with Crippen LogP contribution in [0.25, 0.3) is 0 Å². The molecule has 0 spiro atoms. The lowest BCUT2D eigenvalue weighted by atomic mass is 10.2. The molecule has 0 saturated heterocycles. The smallest absolute Gasteiger partial charge is 0.191 e. The predicted molar refractivity (Wildman–Crippen MR) is 112 cm³/mol. The number of methoxy groups -OCH3 is 1. The molecule has 6 heteroatoms. The maximum absolute atomic E-state index is 5.62. The van der Waals surface area contributed by atoms with Crippen molar-refractivity contribution in [2.45, 2.75) is 40.2 Å². The van der Waals surface area contributed by atoms with E-state index in [0.717, 1.165) is 69.6 Å². The lowest BCUT2D eigenvalue weighted by Crippen LogP contribution is -2.39. The van der Waals surface area contributed by atoms with Gasteiger partial charge in [0.25, 0.3) is 0 Å². The molecule has 0 amide bonds. The average molecular weight is 380 g/mol. The molecule has 6 nitrogen and oxygen atoms in total. The quantitative estimate of drug-likeness (QED) is 0.295. The number of hydrogen-bond acceptors (Lipinski definition) is 4. The van der Waals surface area contributed by atoms with Gasteiger partial charge >= 0.3 is 0 Å². The van der Waals surface area contributed by atoms with Crippen molar-refractivity contribution >= 4 is 5.96 Å². The fourth-order valence-corrected chi connectivity index (χ4v) is 2.30.